The zero-order chi connectivity index (χ0) is 14.8. The molecule has 1 aromatic rings. The van der Waals surface area contributed by atoms with Crippen LogP contribution in [0.4, 0.5) is 5.69 Å². The molecule has 0 radical (unpaired) electrons. The van der Waals surface area contributed by atoms with Gasteiger partial charge in [0.25, 0.3) is 11.8 Å². The molecule has 112 valence electrons. The quantitative estimate of drug-likeness (QED) is 0.758. The molecule has 0 aromatic heterocycles. The van der Waals surface area contributed by atoms with Crippen molar-refractivity contribution in [1.29, 1.82) is 0 Å². The van der Waals surface area contributed by atoms with E-state index in [2.05, 4.69) is 11.4 Å². The first-order valence-corrected chi connectivity index (χ1v) is 7.62. The summed E-state index contributed by atoms with van der Waals surface area (Å²) >= 11 is 0. The smallest absolute Gasteiger partial charge is 0.282 e. The monoisotopic (exact) mass is 288 g/mol. The first kappa shape index (κ1) is 14.1. The molecule has 2 amide bonds. The van der Waals surface area contributed by atoms with Crippen molar-refractivity contribution in [3.05, 3.63) is 29.8 Å². The number of nitrogens with one attached hydrogen (secondary N) is 2. The van der Waals surface area contributed by atoms with E-state index in [1.54, 1.807) is 0 Å². The third kappa shape index (κ3) is 3.42. The van der Waals surface area contributed by atoms with Crippen LogP contribution < -0.4 is 15.1 Å². The minimum Gasteiger partial charge on any atom is -0.348 e. The summed E-state index contributed by atoms with van der Waals surface area (Å²) in [5.74, 6) is 0.140. The van der Waals surface area contributed by atoms with Crippen molar-refractivity contribution in [2.75, 3.05) is 31.6 Å². The van der Waals surface area contributed by atoms with Crippen molar-refractivity contribution in [2.24, 2.45) is 0 Å². The molecular weight excluding hydrogens is 266 g/mol. The van der Waals surface area contributed by atoms with Crippen molar-refractivity contribution in [2.45, 2.75) is 25.3 Å². The molecule has 1 atom stereocenters. The van der Waals surface area contributed by atoms with Gasteiger partial charge in [0.2, 0.25) is 0 Å². The summed E-state index contributed by atoms with van der Waals surface area (Å²) in [5.41, 5.74) is 2.26. The molecular formula is C16H22N3O2+. The van der Waals surface area contributed by atoms with Gasteiger partial charge in [0.15, 0.2) is 13.1 Å². The van der Waals surface area contributed by atoms with E-state index in [9.17, 15) is 9.59 Å². The number of rotatable bonds is 5. The Hall–Kier alpha value is -1.88. The second-order valence-corrected chi connectivity index (χ2v) is 6.08. The fraction of sp³-hybridized carbons (Fsp3) is 0.500. The van der Waals surface area contributed by atoms with E-state index in [0.29, 0.717) is 19.1 Å². The molecule has 0 bridgehead atoms. The minimum absolute atomic E-state index is 0.0459. The highest BCUT2D eigenvalue weighted by Crippen LogP contribution is 2.26. The van der Waals surface area contributed by atoms with Crippen molar-refractivity contribution >= 4 is 17.5 Å². The molecule has 1 aromatic carbocycles. The Morgan fingerprint density at radius 1 is 1.29 bits per heavy atom. The maximum Gasteiger partial charge on any atom is 0.282 e. The number of quaternary nitrogens is 1. The Morgan fingerprint density at radius 2 is 2.05 bits per heavy atom. The van der Waals surface area contributed by atoms with Gasteiger partial charge in [-0.2, -0.15) is 0 Å². The molecule has 0 saturated heterocycles. The van der Waals surface area contributed by atoms with Gasteiger partial charge in [0.05, 0.1) is 7.05 Å². The van der Waals surface area contributed by atoms with E-state index in [1.807, 2.05) is 30.1 Å². The Morgan fingerprint density at radius 3 is 2.81 bits per heavy atom. The second-order valence-electron chi connectivity index (χ2n) is 6.08. The molecule has 1 unspecified atom stereocenters. The summed E-state index contributed by atoms with van der Waals surface area (Å²) in [6.45, 7) is 1.46. The molecule has 1 heterocycles. The summed E-state index contributed by atoms with van der Waals surface area (Å²) in [5, 5.41) is 2.96. The topological polar surface area (TPSA) is 53.9 Å². The van der Waals surface area contributed by atoms with Crippen LogP contribution in [0, 0.1) is 0 Å². The Bertz CT molecular complexity index is 554. The molecule has 1 saturated carbocycles. The number of anilines is 1. The SMILES string of the molecule is C[NH+](CC(=O)NC1CC1)CC(=O)N1CCc2ccccc21. The molecule has 2 aliphatic rings. The predicted molar refractivity (Wildman–Crippen MR) is 80.3 cm³/mol. The van der Waals surface area contributed by atoms with Gasteiger partial charge in [-0.3, -0.25) is 9.59 Å². The molecule has 1 aliphatic carbocycles. The van der Waals surface area contributed by atoms with Gasteiger partial charge in [0.1, 0.15) is 0 Å². The van der Waals surface area contributed by atoms with Crippen LogP contribution in [0.15, 0.2) is 24.3 Å². The van der Waals surface area contributed by atoms with Crippen LogP contribution in [0.2, 0.25) is 0 Å². The summed E-state index contributed by atoms with van der Waals surface area (Å²) in [4.78, 5) is 26.9. The normalized spacial score (nSPS) is 18.2. The van der Waals surface area contributed by atoms with E-state index in [1.165, 1.54) is 5.56 Å². The molecule has 1 fully saturated rings. The average molecular weight is 288 g/mol. The highest BCUT2D eigenvalue weighted by atomic mass is 16.2. The largest absolute Gasteiger partial charge is 0.348 e. The third-order valence-corrected chi connectivity index (χ3v) is 4.05. The molecule has 3 rings (SSSR count). The summed E-state index contributed by atoms with van der Waals surface area (Å²) in [6, 6.07) is 8.42. The number of amides is 2. The first-order chi connectivity index (χ1) is 10.1. The van der Waals surface area contributed by atoms with Crippen LogP contribution in [0.1, 0.15) is 18.4 Å². The van der Waals surface area contributed by atoms with Gasteiger partial charge >= 0.3 is 0 Å². The number of benzene rings is 1. The number of para-hydroxylation sites is 1. The Kier molecular flexibility index (Phi) is 3.92. The van der Waals surface area contributed by atoms with Gasteiger partial charge in [-0.15, -0.1) is 0 Å². The lowest BCUT2D eigenvalue weighted by Gasteiger charge is -2.20. The fourth-order valence-electron chi connectivity index (χ4n) is 2.79. The molecule has 5 heteroatoms. The minimum atomic E-state index is 0.0459. The maximum atomic E-state index is 12.4. The van der Waals surface area contributed by atoms with Crippen molar-refractivity contribution < 1.29 is 14.5 Å². The number of hydrogen-bond acceptors (Lipinski definition) is 2. The van der Waals surface area contributed by atoms with E-state index in [4.69, 9.17) is 0 Å². The zero-order valence-corrected chi connectivity index (χ0v) is 12.4. The van der Waals surface area contributed by atoms with Crippen LogP contribution in [-0.2, 0) is 16.0 Å². The number of nitrogens with zero attached hydrogens (tertiary/aromatic N) is 1. The van der Waals surface area contributed by atoms with Crippen LogP contribution in [-0.4, -0.2) is 44.5 Å². The number of carbonyl (C=O) groups excluding carboxylic acids is 2. The van der Waals surface area contributed by atoms with Gasteiger partial charge in [-0.25, -0.2) is 0 Å². The third-order valence-electron chi connectivity index (χ3n) is 4.05. The standard InChI is InChI=1S/C16H21N3O2/c1-18(10-15(20)17-13-6-7-13)11-16(21)19-9-8-12-4-2-3-5-14(12)19/h2-5,13H,6-11H2,1H3,(H,17,20)/p+1. The lowest BCUT2D eigenvalue weighted by atomic mass is 10.2. The van der Waals surface area contributed by atoms with Gasteiger partial charge in [-0.1, -0.05) is 18.2 Å². The summed E-state index contributed by atoms with van der Waals surface area (Å²) in [6.07, 6.45) is 3.10. The van der Waals surface area contributed by atoms with Gasteiger partial charge in [-0.05, 0) is 30.9 Å². The van der Waals surface area contributed by atoms with Gasteiger partial charge < -0.3 is 15.1 Å². The number of fused-ring (bicyclic) bond motifs is 1. The number of likely N-dealkylation sites (N-methyl/N-ethyl adjacent to an activating group) is 1. The lowest BCUT2D eigenvalue weighted by molar-refractivity contribution is -0.862. The number of carbonyl (C=O) groups is 2. The summed E-state index contributed by atoms with van der Waals surface area (Å²) < 4.78 is 0. The highest BCUT2D eigenvalue weighted by Gasteiger charge is 2.28. The molecule has 1 aliphatic heterocycles. The summed E-state index contributed by atoms with van der Waals surface area (Å²) in [7, 11) is 1.90. The Labute approximate surface area is 124 Å². The van der Waals surface area contributed by atoms with Crippen LogP contribution in [0.3, 0.4) is 0 Å². The van der Waals surface area contributed by atoms with Crippen molar-refractivity contribution in [3.8, 4) is 0 Å². The lowest BCUT2D eigenvalue weighted by Crippen LogP contribution is -3.11. The fourth-order valence-corrected chi connectivity index (χ4v) is 2.79. The predicted octanol–water partition coefficient (Wildman–Crippen LogP) is -0.631. The highest BCUT2D eigenvalue weighted by molar-refractivity contribution is 5.96. The molecule has 2 N–H and O–H groups in total. The van der Waals surface area contributed by atoms with Crippen LogP contribution in [0.25, 0.3) is 0 Å². The van der Waals surface area contributed by atoms with Crippen LogP contribution in [0.5, 0.6) is 0 Å². The van der Waals surface area contributed by atoms with Crippen molar-refractivity contribution in [3.63, 3.8) is 0 Å². The van der Waals surface area contributed by atoms with E-state index in [0.717, 1.165) is 36.4 Å². The second kappa shape index (κ2) is 5.85. The van der Waals surface area contributed by atoms with E-state index in [-0.39, 0.29) is 11.8 Å². The maximum absolute atomic E-state index is 12.4. The Balaban J connectivity index is 1.53. The van der Waals surface area contributed by atoms with Crippen molar-refractivity contribution in [1.82, 2.24) is 5.32 Å². The van der Waals surface area contributed by atoms with Gasteiger partial charge in [0, 0.05) is 18.3 Å². The first-order valence-electron chi connectivity index (χ1n) is 7.62. The zero-order valence-electron chi connectivity index (χ0n) is 12.4. The van der Waals surface area contributed by atoms with Crippen LogP contribution >= 0.6 is 0 Å². The molecule has 21 heavy (non-hydrogen) atoms. The number of hydrogen-bond donors (Lipinski definition) is 2. The average Bonchev–Trinajstić information content (AvgIpc) is 3.14. The van der Waals surface area contributed by atoms with E-state index < -0.39 is 0 Å². The van der Waals surface area contributed by atoms with E-state index >= 15 is 0 Å². The molecule has 5 nitrogen and oxygen atoms in total. The molecule has 0 spiro atoms.